The quantitative estimate of drug-likeness (QED) is 0.938. The zero-order chi connectivity index (χ0) is 16.4. The molecule has 3 rings (SSSR count). The minimum atomic E-state index is -4.46. The Hall–Kier alpha value is -2.64. The van der Waals surface area contributed by atoms with Gasteiger partial charge in [0, 0.05) is 6.04 Å². The SMILES string of the molecule is O=C(NC1CC1)c1cncc(Oc2cccc(C(F)(F)F)c2)n1. The number of hydrogen-bond acceptors (Lipinski definition) is 4. The van der Waals surface area contributed by atoms with Gasteiger partial charge in [-0.25, -0.2) is 4.98 Å². The smallest absolute Gasteiger partial charge is 0.416 e. The van der Waals surface area contributed by atoms with Crippen molar-refractivity contribution in [3.8, 4) is 11.6 Å². The number of nitrogens with one attached hydrogen (secondary N) is 1. The summed E-state index contributed by atoms with van der Waals surface area (Å²) < 4.78 is 43.3. The van der Waals surface area contributed by atoms with Crippen LogP contribution in [0.25, 0.3) is 0 Å². The predicted octanol–water partition coefficient (Wildman–Crippen LogP) is 3.18. The van der Waals surface area contributed by atoms with Gasteiger partial charge < -0.3 is 10.1 Å². The molecule has 0 spiro atoms. The summed E-state index contributed by atoms with van der Waals surface area (Å²) in [4.78, 5) is 19.7. The standard InChI is InChI=1S/C15H12F3N3O2/c16-15(17,18)9-2-1-3-11(6-9)23-13-8-19-7-12(21-13)14(22)20-10-4-5-10/h1-3,6-8,10H,4-5H2,(H,20,22). The molecule has 0 atom stereocenters. The highest BCUT2D eigenvalue weighted by Gasteiger charge is 2.30. The molecule has 0 aliphatic heterocycles. The van der Waals surface area contributed by atoms with Crippen molar-refractivity contribution in [2.75, 3.05) is 0 Å². The van der Waals surface area contributed by atoms with Gasteiger partial charge in [-0.15, -0.1) is 0 Å². The van der Waals surface area contributed by atoms with Crippen molar-refractivity contribution in [1.82, 2.24) is 15.3 Å². The Bertz CT molecular complexity index is 730. The molecule has 1 aliphatic carbocycles. The normalized spacial score (nSPS) is 14.4. The van der Waals surface area contributed by atoms with E-state index in [4.69, 9.17) is 4.74 Å². The number of hydrogen-bond donors (Lipinski definition) is 1. The van der Waals surface area contributed by atoms with E-state index >= 15 is 0 Å². The number of nitrogens with zero attached hydrogens (tertiary/aromatic N) is 2. The van der Waals surface area contributed by atoms with Gasteiger partial charge in [0.1, 0.15) is 11.4 Å². The van der Waals surface area contributed by atoms with Crippen LogP contribution in [-0.4, -0.2) is 21.9 Å². The third-order valence-corrected chi connectivity index (χ3v) is 3.14. The summed E-state index contributed by atoms with van der Waals surface area (Å²) in [5, 5.41) is 2.74. The Morgan fingerprint density at radius 3 is 2.74 bits per heavy atom. The molecular weight excluding hydrogens is 311 g/mol. The van der Waals surface area contributed by atoms with Crippen molar-refractivity contribution in [2.24, 2.45) is 0 Å². The van der Waals surface area contributed by atoms with Gasteiger partial charge in [0.2, 0.25) is 5.88 Å². The van der Waals surface area contributed by atoms with E-state index in [1.165, 1.54) is 24.5 Å². The van der Waals surface area contributed by atoms with Crippen molar-refractivity contribution in [3.63, 3.8) is 0 Å². The molecule has 1 fully saturated rings. The highest BCUT2D eigenvalue weighted by Crippen LogP contribution is 2.32. The fourth-order valence-electron chi connectivity index (χ4n) is 1.85. The minimum Gasteiger partial charge on any atom is -0.437 e. The molecule has 0 unspecified atom stereocenters. The summed E-state index contributed by atoms with van der Waals surface area (Å²) in [6, 6.07) is 4.57. The molecule has 5 nitrogen and oxygen atoms in total. The Kier molecular flexibility index (Phi) is 3.89. The molecule has 0 radical (unpaired) electrons. The van der Waals surface area contributed by atoms with Crippen LogP contribution < -0.4 is 10.1 Å². The molecule has 1 aliphatic rings. The first kappa shape index (κ1) is 15.3. The largest absolute Gasteiger partial charge is 0.437 e. The monoisotopic (exact) mass is 323 g/mol. The summed E-state index contributed by atoms with van der Waals surface area (Å²) >= 11 is 0. The molecule has 1 amide bonds. The first-order valence-electron chi connectivity index (χ1n) is 6.90. The number of benzene rings is 1. The van der Waals surface area contributed by atoms with E-state index < -0.39 is 11.7 Å². The van der Waals surface area contributed by atoms with Gasteiger partial charge in [-0.2, -0.15) is 13.2 Å². The fraction of sp³-hybridized carbons (Fsp3) is 0.267. The van der Waals surface area contributed by atoms with Crippen LogP contribution in [0.3, 0.4) is 0 Å². The zero-order valence-corrected chi connectivity index (χ0v) is 11.8. The third kappa shape index (κ3) is 3.97. The van der Waals surface area contributed by atoms with E-state index in [0.29, 0.717) is 0 Å². The van der Waals surface area contributed by atoms with E-state index in [0.717, 1.165) is 25.0 Å². The molecule has 1 aromatic carbocycles. The van der Waals surface area contributed by atoms with Crippen LogP contribution in [0.4, 0.5) is 13.2 Å². The maximum Gasteiger partial charge on any atom is 0.416 e. The Morgan fingerprint density at radius 2 is 2.04 bits per heavy atom. The Balaban J connectivity index is 1.76. The molecule has 2 aromatic rings. The van der Waals surface area contributed by atoms with Crippen molar-refractivity contribution >= 4 is 5.91 Å². The number of rotatable bonds is 4. The van der Waals surface area contributed by atoms with Gasteiger partial charge in [-0.05, 0) is 31.0 Å². The highest BCUT2D eigenvalue weighted by atomic mass is 19.4. The summed E-state index contributed by atoms with van der Waals surface area (Å²) in [5.41, 5.74) is -0.771. The van der Waals surface area contributed by atoms with E-state index in [1.54, 1.807) is 0 Å². The lowest BCUT2D eigenvalue weighted by atomic mass is 10.2. The van der Waals surface area contributed by atoms with E-state index in [1.807, 2.05) is 0 Å². The lowest BCUT2D eigenvalue weighted by Crippen LogP contribution is -2.26. The number of halogens is 3. The topological polar surface area (TPSA) is 64.1 Å². The molecule has 23 heavy (non-hydrogen) atoms. The molecule has 1 N–H and O–H groups in total. The van der Waals surface area contributed by atoms with Gasteiger partial charge in [0.25, 0.3) is 5.91 Å². The van der Waals surface area contributed by atoms with Crippen molar-refractivity contribution < 1.29 is 22.7 Å². The number of ether oxygens (including phenoxy) is 1. The van der Waals surface area contributed by atoms with Crippen LogP contribution in [0.2, 0.25) is 0 Å². The van der Waals surface area contributed by atoms with Crippen molar-refractivity contribution in [1.29, 1.82) is 0 Å². The molecule has 1 aromatic heterocycles. The molecule has 120 valence electrons. The van der Waals surface area contributed by atoms with E-state index in [2.05, 4.69) is 15.3 Å². The summed E-state index contributed by atoms with van der Waals surface area (Å²) in [6.07, 6.45) is -0.0961. The summed E-state index contributed by atoms with van der Waals surface area (Å²) in [7, 11) is 0. The first-order chi connectivity index (χ1) is 10.9. The first-order valence-corrected chi connectivity index (χ1v) is 6.90. The third-order valence-electron chi connectivity index (χ3n) is 3.14. The number of aromatic nitrogens is 2. The van der Waals surface area contributed by atoms with Gasteiger partial charge in [0.15, 0.2) is 0 Å². The van der Waals surface area contributed by atoms with Crippen LogP contribution in [0, 0.1) is 0 Å². The van der Waals surface area contributed by atoms with Crippen LogP contribution in [0.1, 0.15) is 28.9 Å². The van der Waals surface area contributed by atoms with Crippen LogP contribution in [-0.2, 0) is 6.18 Å². The summed E-state index contributed by atoms with van der Waals surface area (Å²) in [6.45, 7) is 0. The number of alkyl halides is 3. The fourth-order valence-corrected chi connectivity index (χ4v) is 1.85. The summed E-state index contributed by atoms with van der Waals surface area (Å²) in [5.74, 6) is -0.462. The van der Waals surface area contributed by atoms with Crippen LogP contribution in [0.5, 0.6) is 11.6 Å². The number of amides is 1. The second kappa shape index (κ2) is 5.86. The average Bonchev–Trinajstić information content (AvgIpc) is 3.31. The maximum atomic E-state index is 12.7. The Labute approximate surface area is 129 Å². The molecule has 0 bridgehead atoms. The maximum absolute atomic E-state index is 12.7. The lowest BCUT2D eigenvalue weighted by molar-refractivity contribution is -0.137. The van der Waals surface area contributed by atoms with Crippen molar-refractivity contribution in [3.05, 3.63) is 47.9 Å². The van der Waals surface area contributed by atoms with Crippen molar-refractivity contribution in [2.45, 2.75) is 25.1 Å². The van der Waals surface area contributed by atoms with Gasteiger partial charge in [-0.1, -0.05) is 6.07 Å². The van der Waals surface area contributed by atoms with E-state index in [-0.39, 0.29) is 29.3 Å². The minimum absolute atomic E-state index is 0.0334. The average molecular weight is 323 g/mol. The Morgan fingerprint density at radius 1 is 1.26 bits per heavy atom. The van der Waals surface area contributed by atoms with Crippen LogP contribution >= 0.6 is 0 Å². The zero-order valence-electron chi connectivity index (χ0n) is 11.8. The molecule has 1 heterocycles. The van der Waals surface area contributed by atoms with E-state index in [9.17, 15) is 18.0 Å². The molecular formula is C15H12F3N3O2. The second-order valence-corrected chi connectivity index (χ2v) is 5.12. The molecule has 8 heteroatoms. The second-order valence-electron chi connectivity index (χ2n) is 5.12. The predicted molar refractivity (Wildman–Crippen MR) is 74.0 cm³/mol. The number of carbonyl (C=O) groups is 1. The van der Waals surface area contributed by atoms with Gasteiger partial charge in [0.05, 0.1) is 18.0 Å². The molecule has 0 saturated heterocycles. The lowest BCUT2D eigenvalue weighted by Gasteiger charge is -2.09. The van der Waals surface area contributed by atoms with Gasteiger partial charge >= 0.3 is 6.18 Å². The van der Waals surface area contributed by atoms with Gasteiger partial charge in [-0.3, -0.25) is 9.78 Å². The van der Waals surface area contributed by atoms with Crippen LogP contribution in [0.15, 0.2) is 36.7 Å². The highest BCUT2D eigenvalue weighted by molar-refractivity contribution is 5.92. The molecule has 1 saturated carbocycles. The number of carbonyl (C=O) groups excluding carboxylic acids is 1.